The first-order valence-electron chi connectivity index (χ1n) is 10.0. The van der Waals surface area contributed by atoms with Crippen molar-refractivity contribution in [3.63, 3.8) is 0 Å². The Morgan fingerprint density at radius 1 is 0.559 bits per heavy atom. The molecule has 2 saturated heterocycles. The maximum atomic E-state index is 12.4. The van der Waals surface area contributed by atoms with Crippen molar-refractivity contribution in [1.82, 2.24) is 10.0 Å². The van der Waals surface area contributed by atoms with Gasteiger partial charge in [-0.25, -0.2) is 10.0 Å². The number of carbonyl (C=O) groups is 4. The topological polar surface area (TPSA) is 156 Å². The van der Waals surface area contributed by atoms with Crippen LogP contribution in [0.25, 0.3) is 0 Å². The van der Waals surface area contributed by atoms with E-state index in [0.717, 1.165) is 10.0 Å². The van der Waals surface area contributed by atoms with Gasteiger partial charge in [0.25, 0.3) is 0 Å². The number of nitrogens with zero attached hydrogens (tertiary/aromatic N) is 2. The molecule has 0 radical (unpaired) electrons. The van der Waals surface area contributed by atoms with E-state index in [4.69, 9.17) is 0 Å². The molecular formula is C22H18Br2N2O8. The molecule has 4 N–H and O–H groups in total. The van der Waals surface area contributed by atoms with Gasteiger partial charge in [0.2, 0.25) is 0 Å². The molecule has 12 heteroatoms. The highest BCUT2D eigenvalue weighted by Crippen LogP contribution is 2.55. The highest BCUT2D eigenvalue weighted by atomic mass is 79.9. The highest BCUT2D eigenvalue weighted by molar-refractivity contribution is 9.10. The Balaban J connectivity index is 2.00. The van der Waals surface area contributed by atoms with Crippen LogP contribution in [0.1, 0.15) is 23.2 Å². The Kier molecular flexibility index (Phi) is 6.51. The first-order chi connectivity index (χ1) is 16.0. The average Bonchev–Trinajstić information content (AvgIpc) is 3.28. The molecule has 4 rings (SSSR count). The van der Waals surface area contributed by atoms with Crippen molar-refractivity contribution in [2.45, 2.75) is 24.2 Å². The van der Waals surface area contributed by atoms with Crippen LogP contribution in [0.5, 0.6) is 0 Å². The van der Waals surface area contributed by atoms with Crippen molar-refractivity contribution in [2.24, 2.45) is 11.8 Å². The van der Waals surface area contributed by atoms with Gasteiger partial charge in [0.05, 0.1) is 12.1 Å². The van der Waals surface area contributed by atoms with Gasteiger partial charge < -0.3 is 20.4 Å². The molecule has 2 fully saturated rings. The summed E-state index contributed by atoms with van der Waals surface area (Å²) in [6.07, 6.45) is 0. The Hall–Kier alpha value is -2.80. The van der Waals surface area contributed by atoms with Crippen molar-refractivity contribution >= 4 is 55.7 Å². The molecule has 2 aliphatic rings. The van der Waals surface area contributed by atoms with Gasteiger partial charge in [-0.3, -0.25) is 19.2 Å². The van der Waals surface area contributed by atoms with E-state index < -0.39 is 59.9 Å². The SMILES string of the molecule is O=C(O)C1C(C(=O)O)N2C(c3ccc(Br)cc3)C(C(=O)O)C(C(=O)O)N2C1c1ccc(Br)cc1. The fourth-order valence-electron chi connectivity index (χ4n) is 5.04. The van der Waals surface area contributed by atoms with E-state index in [0.29, 0.717) is 20.1 Å². The van der Waals surface area contributed by atoms with Crippen LogP contribution in [-0.4, -0.2) is 66.4 Å². The van der Waals surface area contributed by atoms with E-state index in [-0.39, 0.29) is 0 Å². The molecular weight excluding hydrogens is 580 g/mol. The van der Waals surface area contributed by atoms with Gasteiger partial charge in [0.15, 0.2) is 0 Å². The van der Waals surface area contributed by atoms with E-state index in [1.165, 1.54) is 0 Å². The Morgan fingerprint density at radius 2 is 0.853 bits per heavy atom. The summed E-state index contributed by atoms with van der Waals surface area (Å²) < 4.78 is 1.36. The van der Waals surface area contributed by atoms with Crippen LogP contribution >= 0.6 is 31.9 Å². The molecule has 6 atom stereocenters. The molecule has 0 bridgehead atoms. The van der Waals surface area contributed by atoms with Crippen molar-refractivity contribution < 1.29 is 39.6 Å². The molecule has 0 amide bonds. The zero-order chi connectivity index (χ0) is 24.9. The number of aliphatic carboxylic acids is 4. The van der Waals surface area contributed by atoms with Crippen LogP contribution in [0.4, 0.5) is 0 Å². The molecule has 0 spiro atoms. The van der Waals surface area contributed by atoms with Crippen molar-refractivity contribution in [3.05, 3.63) is 68.6 Å². The minimum atomic E-state index is -1.70. The van der Waals surface area contributed by atoms with Crippen molar-refractivity contribution in [3.8, 4) is 0 Å². The summed E-state index contributed by atoms with van der Waals surface area (Å²) in [7, 11) is 0. The largest absolute Gasteiger partial charge is 0.481 e. The van der Waals surface area contributed by atoms with Crippen LogP contribution < -0.4 is 0 Å². The van der Waals surface area contributed by atoms with Crippen LogP contribution in [0.3, 0.4) is 0 Å². The second-order valence-corrected chi connectivity index (χ2v) is 9.88. The summed E-state index contributed by atoms with van der Waals surface area (Å²) in [4.78, 5) is 49.6. The minimum Gasteiger partial charge on any atom is -0.481 e. The average molecular weight is 598 g/mol. The van der Waals surface area contributed by atoms with Crippen molar-refractivity contribution in [2.75, 3.05) is 0 Å². The lowest BCUT2D eigenvalue weighted by Gasteiger charge is -2.32. The lowest BCUT2D eigenvalue weighted by molar-refractivity contribution is -0.156. The van der Waals surface area contributed by atoms with E-state index in [9.17, 15) is 39.6 Å². The molecule has 2 aliphatic heterocycles. The molecule has 2 aromatic rings. The fraction of sp³-hybridized carbons (Fsp3) is 0.273. The van der Waals surface area contributed by atoms with Crippen molar-refractivity contribution in [1.29, 1.82) is 0 Å². The Labute approximate surface area is 209 Å². The number of carboxylic acids is 4. The Bertz CT molecular complexity index is 1060. The smallest absolute Gasteiger partial charge is 0.323 e. The molecule has 2 heterocycles. The lowest BCUT2D eigenvalue weighted by Crippen LogP contribution is -2.46. The predicted molar refractivity (Wildman–Crippen MR) is 123 cm³/mol. The fourth-order valence-corrected chi connectivity index (χ4v) is 5.57. The molecule has 0 aromatic heterocycles. The van der Waals surface area contributed by atoms with Gasteiger partial charge in [-0.15, -0.1) is 0 Å². The quantitative estimate of drug-likeness (QED) is 0.390. The maximum Gasteiger partial charge on any atom is 0.323 e. The summed E-state index contributed by atoms with van der Waals surface area (Å²) in [5, 5.41) is 42.6. The third-order valence-electron chi connectivity index (χ3n) is 6.27. The van der Waals surface area contributed by atoms with E-state index in [2.05, 4.69) is 31.9 Å². The molecule has 2 aromatic carbocycles. The zero-order valence-electron chi connectivity index (χ0n) is 17.2. The predicted octanol–water partition coefficient (Wildman–Crippen LogP) is 2.85. The maximum absolute atomic E-state index is 12.4. The van der Waals surface area contributed by atoms with Gasteiger partial charge in [-0.1, -0.05) is 56.1 Å². The van der Waals surface area contributed by atoms with Gasteiger partial charge in [-0.2, -0.15) is 0 Å². The van der Waals surface area contributed by atoms with Gasteiger partial charge in [0.1, 0.15) is 23.9 Å². The summed E-state index contributed by atoms with van der Waals surface area (Å²) in [5.41, 5.74) is 0.715. The second kappa shape index (κ2) is 9.10. The number of hydrazine groups is 1. The normalized spacial score (nSPS) is 29.0. The van der Waals surface area contributed by atoms with Gasteiger partial charge in [0, 0.05) is 8.95 Å². The van der Waals surface area contributed by atoms with E-state index >= 15 is 0 Å². The molecule has 10 nitrogen and oxygen atoms in total. The second-order valence-electron chi connectivity index (χ2n) is 8.05. The van der Waals surface area contributed by atoms with Crippen LogP contribution in [0, 0.1) is 11.8 Å². The number of hydrogen-bond acceptors (Lipinski definition) is 6. The minimum absolute atomic E-state index is 0.358. The summed E-state index contributed by atoms with van der Waals surface area (Å²) in [6.45, 7) is 0. The Morgan fingerprint density at radius 3 is 1.09 bits per heavy atom. The standard InChI is InChI=1S/C22H18Br2N2O8/c23-11-5-1-9(2-6-11)15-13(19(27)28)17(21(31)32)26-16(10-3-7-12(24)8-4-10)14(20(29)30)18(22(33)34)25(15)26/h1-8,13-18H,(H,27,28)(H,29,30)(H,31,32)(H,33,34). The monoisotopic (exact) mass is 596 g/mol. The highest BCUT2D eigenvalue weighted by Gasteiger charge is 2.68. The number of halogens is 2. The number of carboxylic acid groups (broad SMARTS) is 4. The van der Waals surface area contributed by atoms with Gasteiger partial charge in [-0.05, 0) is 35.4 Å². The summed E-state index contributed by atoms with van der Waals surface area (Å²) in [5.74, 6) is -8.97. The summed E-state index contributed by atoms with van der Waals surface area (Å²) in [6, 6.07) is 6.90. The molecule has 178 valence electrons. The molecule has 0 saturated carbocycles. The van der Waals surface area contributed by atoms with Crippen LogP contribution in [0.15, 0.2) is 57.5 Å². The zero-order valence-corrected chi connectivity index (χ0v) is 20.3. The first kappa shape index (κ1) is 24.3. The number of fused-ring (bicyclic) bond motifs is 1. The lowest BCUT2D eigenvalue weighted by atomic mass is 9.82. The number of benzene rings is 2. The molecule has 6 unspecified atom stereocenters. The third kappa shape index (κ3) is 3.90. The van der Waals surface area contributed by atoms with Gasteiger partial charge >= 0.3 is 23.9 Å². The summed E-state index contributed by atoms with van der Waals surface area (Å²) >= 11 is 6.58. The van der Waals surface area contributed by atoms with E-state index in [1.54, 1.807) is 48.5 Å². The third-order valence-corrected chi connectivity index (χ3v) is 7.32. The molecule has 34 heavy (non-hydrogen) atoms. The van der Waals surface area contributed by atoms with E-state index in [1.807, 2.05) is 0 Å². The number of rotatable bonds is 6. The van der Waals surface area contributed by atoms with Crippen LogP contribution in [-0.2, 0) is 19.2 Å². The van der Waals surface area contributed by atoms with Crippen LogP contribution in [0.2, 0.25) is 0 Å². The number of hydrogen-bond donors (Lipinski definition) is 4. The first-order valence-corrected chi connectivity index (χ1v) is 11.6. The molecule has 0 aliphatic carbocycles.